The van der Waals surface area contributed by atoms with Crippen molar-refractivity contribution in [3.63, 3.8) is 0 Å². The fraction of sp³-hybridized carbons (Fsp3) is 0.500. The second-order valence-electron chi connectivity index (χ2n) is 3.94. The van der Waals surface area contributed by atoms with Crippen LogP contribution in [-0.4, -0.2) is 12.6 Å². The third-order valence-corrected chi connectivity index (χ3v) is 2.43. The molecule has 1 unspecified atom stereocenters. The molecule has 0 aliphatic carbocycles. The molecule has 78 valence electrons. The Kier molecular flexibility index (Phi) is 4.11. The van der Waals surface area contributed by atoms with Gasteiger partial charge in [0.2, 0.25) is 0 Å². The van der Waals surface area contributed by atoms with Gasteiger partial charge in [-0.05, 0) is 26.3 Å². The van der Waals surface area contributed by atoms with Gasteiger partial charge in [0, 0.05) is 18.6 Å². The molecule has 0 aliphatic rings. The number of aryl methyl sites for hydroxylation is 1. The summed E-state index contributed by atoms with van der Waals surface area (Å²) in [5, 5.41) is 3.45. The Morgan fingerprint density at radius 3 is 2.64 bits per heavy atom. The number of hydrogen-bond acceptors (Lipinski definition) is 2. The lowest BCUT2D eigenvalue weighted by Crippen LogP contribution is -2.35. The van der Waals surface area contributed by atoms with Gasteiger partial charge < -0.3 is 11.1 Å². The molecule has 3 N–H and O–H groups in total. The van der Waals surface area contributed by atoms with Gasteiger partial charge in [-0.1, -0.05) is 29.8 Å². The van der Waals surface area contributed by atoms with Gasteiger partial charge in [-0.2, -0.15) is 0 Å². The molecule has 0 spiro atoms. The van der Waals surface area contributed by atoms with Crippen molar-refractivity contribution in [1.82, 2.24) is 5.32 Å². The van der Waals surface area contributed by atoms with Gasteiger partial charge in [0.1, 0.15) is 0 Å². The molecule has 2 heteroatoms. The Morgan fingerprint density at radius 1 is 1.36 bits per heavy atom. The zero-order valence-corrected chi connectivity index (χ0v) is 9.25. The Morgan fingerprint density at radius 2 is 2.07 bits per heavy atom. The number of hydrogen-bond donors (Lipinski definition) is 2. The average Bonchev–Trinajstić information content (AvgIpc) is 2.17. The first kappa shape index (κ1) is 11.2. The van der Waals surface area contributed by atoms with Crippen molar-refractivity contribution >= 4 is 0 Å². The molecule has 0 aliphatic heterocycles. The highest BCUT2D eigenvalue weighted by atomic mass is 15.0. The summed E-state index contributed by atoms with van der Waals surface area (Å²) in [7, 11) is 0. The van der Waals surface area contributed by atoms with E-state index >= 15 is 0 Å². The fourth-order valence-electron chi connectivity index (χ4n) is 1.53. The second kappa shape index (κ2) is 5.13. The van der Waals surface area contributed by atoms with Gasteiger partial charge in [-0.3, -0.25) is 0 Å². The van der Waals surface area contributed by atoms with E-state index < -0.39 is 0 Å². The highest BCUT2D eigenvalue weighted by molar-refractivity contribution is 5.24. The molecule has 1 rings (SSSR count). The van der Waals surface area contributed by atoms with Gasteiger partial charge in [0.25, 0.3) is 0 Å². The Hall–Kier alpha value is -0.860. The zero-order valence-electron chi connectivity index (χ0n) is 9.25. The molecule has 0 saturated carbocycles. The standard InChI is InChI=1S/C12H20N2/c1-9-5-4-6-12(7-9)11(3)14-10(2)8-13/h4-7,10-11,14H,8,13H2,1-3H3/t10?,11-/m0/s1. The predicted molar refractivity (Wildman–Crippen MR) is 61.2 cm³/mol. The van der Waals surface area contributed by atoms with Gasteiger partial charge in [0.05, 0.1) is 0 Å². The van der Waals surface area contributed by atoms with Gasteiger partial charge in [-0.25, -0.2) is 0 Å². The van der Waals surface area contributed by atoms with Crippen LogP contribution >= 0.6 is 0 Å². The summed E-state index contributed by atoms with van der Waals surface area (Å²) in [4.78, 5) is 0. The predicted octanol–water partition coefficient (Wildman–Crippen LogP) is 1.99. The van der Waals surface area contributed by atoms with E-state index in [-0.39, 0.29) is 0 Å². The van der Waals surface area contributed by atoms with Crippen LogP contribution in [0.2, 0.25) is 0 Å². The van der Waals surface area contributed by atoms with Crippen LogP contribution in [0.3, 0.4) is 0 Å². The van der Waals surface area contributed by atoms with Crippen molar-refractivity contribution in [1.29, 1.82) is 0 Å². The molecule has 0 fully saturated rings. The van der Waals surface area contributed by atoms with Crippen LogP contribution in [-0.2, 0) is 0 Å². The van der Waals surface area contributed by atoms with Crippen LogP contribution in [0.5, 0.6) is 0 Å². The maximum atomic E-state index is 5.57. The third kappa shape index (κ3) is 3.13. The topological polar surface area (TPSA) is 38.0 Å². The SMILES string of the molecule is Cc1cccc([C@H](C)NC(C)CN)c1. The lowest BCUT2D eigenvalue weighted by Gasteiger charge is -2.19. The first-order chi connectivity index (χ1) is 6.63. The molecule has 0 radical (unpaired) electrons. The molecule has 1 aromatic carbocycles. The smallest absolute Gasteiger partial charge is 0.0294 e. The summed E-state index contributed by atoms with van der Waals surface area (Å²) < 4.78 is 0. The summed E-state index contributed by atoms with van der Waals surface area (Å²) in [6.07, 6.45) is 0. The molecule has 1 aromatic rings. The van der Waals surface area contributed by atoms with Crippen LogP contribution in [0.25, 0.3) is 0 Å². The van der Waals surface area contributed by atoms with Gasteiger partial charge in [-0.15, -0.1) is 0 Å². The van der Waals surface area contributed by atoms with E-state index in [1.165, 1.54) is 11.1 Å². The molecule has 2 nitrogen and oxygen atoms in total. The molecular weight excluding hydrogens is 172 g/mol. The maximum absolute atomic E-state index is 5.57. The molecule has 0 heterocycles. The quantitative estimate of drug-likeness (QED) is 0.765. The average molecular weight is 192 g/mol. The first-order valence-electron chi connectivity index (χ1n) is 5.16. The summed E-state index contributed by atoms with van der Waals surface area (Å²) in [5.74, 6) is 0. The van der Waals surface area contributed by atoms with E-state index in [0.717, 1.165) is 0 Å². The van der Waals surface area contributed by atoms with Crippen LogP contribution in [0, 0.1) is 6.92 Å². The lowest BCUT2D eigenvalue weighted by atomic mass is 10.1. The number of rotatable bonds is 4. The first-order valence-corrected chi connectivity index (χ1v) is 5.16. The molecule has 0 bridgehead atoms. The van der Waals surface area contributed by atoms with Gasteiger partial charge >= 0.3 is 0 Å². The maximum Gasteiger partial charge on any atom is 0.0294 e. The van der Waals surface area contributed by atoms with E-state index in [1.807, 2.05) is 0 Å². The van der Waals surface area contributed by atoms with Crippen molar-refractivity contribution in [2.75, 3.05) is 6.54 Å². The minimum absolute atomic E-state index is 0.366. The molecule has 0 amide bonds. The highest BCUT2D eigenvalue weighted by Crippen LogP contribution is 2.13. The number of nitrogens with two attached hydrogens (primary N) is 1. The van der Waals surface area contributed by atoms with Crippen LogP contribution in [0.1, 0.15) is 31.0 Å². The second-order valence-corrected chi connectivity index (χ2v) is 3.94. The molecular formula is C12H20N2. The summed E-state index contributed by atoms with van der Waals surface area (Å²) in [6.45, 7) is 7.06. The number of nitrogens with one attached hydrogen (secondary N) is 1. The summed E-state index contributed by atoms with van der Waals surface area (Å²) in [5.41, 5.74) is 8.19. The zero-order chi connectivity index (χ0) is 10.6. The molecule has 0 aromatic heterocycles. The molecule has 0 saturated heterocycles. The van der Waals surface area contributed by atoms with Crippen LogP contribution in [0.15, 0.2) is 24.3 Å². The van der Waals surface area contributed by atoms with Crippen LogP contribution < -0.4 is 11.1 Å². The van der Waals surface area contributed by atoms with Crippen molar-refractivity contribution in [3.05, 3.63) is 35.4 Å². The van der Waals surface area contributed by atoms with E-state index in [4.69, 9.17) is 5.73 Å². The normalized spacial score (nSPS) is 15.1. The minimum Gasteiger partial charge on any atom is -0.329 e. The van der Waals surface area contributed by atoms with Crippen molar-refractivity contribution in [2.45, 2.75) is 32.9 Å². The summed E-state index contributed by atoms with van der Waals surface area (Å²) in [6, 6.07) is 9.30. The summed E-state index contributed by atoms with van der Waals surface area (Å²) >= 11 is 0. The van der Waals surface area contributed by atoms with E-state index in [0.29, 0.717) is 18.6 Å². The molecule has 14 heavy (non-hydrogen) atoms. The minimum atomic E-state index is 0.366. The van der Waals surface area contributed by atoms with Crippen molar-refractivity contribution < 1.29 is 0 Å². The van der Waals surface area contributed by atoms with Crippen molar-refractivity contribution in [2.24, 2.45) is 5.73 Å². The van der Waals surface area contributed by atoms with Gasteiger partial charge in [0.15, 0.2) is 0 Å². The lowest BCUT2D eigenvalue weighted by molar-refractivity contribution is 0.485. The van der Waals surface area contributed by atoms with Crippen LogP contribution in [0.4, 0.5) is 0 Å². The van der Waals surface area contributed by atoms with E-state index in [1.54, 1.807) is 0 Å². The monoisotopic (exact) mass is 192 g/mol. The fourth-order valence-corrected chi connectivity index (χ4v) is 1.53. The van der Waals surface area contributed by atoms with E-state index in [2.05, 4.69) is 50.4 Å². The molecule has 2 atom stereocenters. The Labute approximate surface area is 86.5 Å². The Balaban J connectivity index is 2.64. The largest absolute Gasteiger partial charge is 0.329 e. The highest BCUT2D eigenvalue weighted by Gasteiger charge is 2.07. The number of benzene rings is 1. The van der Waals surface area contributed by atoms with E-state index in [9.17, 15) is 0 Å². The third-order valence-electron chi connectivity index (χ3n) is 2.43. The van der Waals surface area contributed by atoms with Crippen molar-refractivity contribution in [3.8, 4) is 0 Å². The Bertz CT molecular complexity index is 283.